The number of hydrogen-bond donors (Lipinski definition) is 0. The SMILES string of the molecule is COC1(N(Cl)C(C)(C)C)CC1(C)Cc1ccccc1. The van der Waals surface area contributed by atoms with Crippen molar-refractivity contribution in [2.75, 3.05) is 7.11 Å². The van der Waals surface area contributed by atoms with Gasteiger partial charge in [0.1, 0.15) is 5.72 Å². The zero-order valence-corrected chi connectivity index (χ0v) is 13.3. The standard InChI is InChI=1S/C16H24ClNO/c1-14(2,3)18(17)16(19-5)12-15(16,4)11-13-9-7-6-8-10-13/h6-10H,11-12H2,1-5H3. The van der Waals surface area contributed by atoms with Crippen LogP contribution >= 0.6 is 11.8 Å². The fraction of sp³-hybridized carbons (Fsp3) is 0.625. The summed E-state index contributed by atoms with van der Waals surface area (Å²) >= 11 is 6.57. The van der Waals surface area contributed by atoms with Gasteiger partial charge in [-0.15, -0.1) is 0 Å². The molecule has 0 aliphatic heterocycles. The molecule has 3 heteroatoms. The lowest BCUT2D eigenvalue weighted by Crippen LogP contribution is -2.47. The summed E-state index contributed by atoms with van der Waals surface area (Å²) in [5, 5.41) is 0. The fourth-order valence-electron chi connectivity index (χ4n) is 2.98. The van der Waals surface area contributed by atoms with Crippen molar-refractivity contribution in [1.82, 2.24) is 4.42 Å². The van der Waals surface area contributed by atoms with E-state index in [4.69, 9.17) is 16.5 Å². The Kier molecular flexibility index (Phi) is 3.72. The van der Waals surface area contributed by atoms with Gasteiger partial charge in [-0.25, -0.2) is 0 Å². The van der Waals surface area contributed by atoms with Crippen LogP contribution in [0.25, 0.3) is 0 Å². The summed E-state index contributed by atoms with van der Waals surface area (Å²) in [6, 6.07) is 10.5. The van der Waals surface area contributed by atoms with Gasteiger partial charge in [-0.2, -0.15) is 4.42 Å². The minimum atomic E-state index is -0.358. The quantitative estimate of drug-likeness (QED) is 0.605. The van der Waals surface area contributed by atoms with E-state index in [-0.39, 0.29) is 16.7 Å². The maximum atomic E-state index is 6.57. The molecule has 2 nitrogen and oxygen atoms in total. The molecular formula is C16H24ClNO. The van der Waals surface area contributed by atoms with Crippen molar-refractivity contribution in [2.45, 2.75) is 51.8 Å². The molecule has 2 atom stereocenters. The molecule has 0 aromatic heterocycles. The van der Waals surface area contributed by atoms with Crippen LogP contribution in [0.3, 0.4) is 0 Å². The van der Waals surface area contributed by atoms with E-state index >= 15 is 0 Å². The van der Waals surface area contributed by atoms with Crippen LogP contribution in [0.2, 0.25) is 0 Å². The third kappa shape index (κ3) is 2.54. The second-order valence-electron chi connectivity index (χ2n) is 6.84. The number of halogens is 1. The first-order valence-corrected chi connectivity index (χ1v) is 7.14. The molecule has 1 aromatic rings. The van der Waals surface area contributed by atoms with Crippen LogP contribution in [-0.2, 0) is 11.2 Å². The van der Waals surface area contributed by atoms with Crippen LogP contribution in [0, 0.1) is 5.41 Å². The minimum Gasteiger partial charge on any atom is -0.362 e. The highest BCUT2D eigenvalue weighted by molar-refractivity contribution is 6.14. The zero-order chi connectivity index (χ0) is 14.3. The van der Waals surface area contributed by atoms with Gasteiger partial charge in [-0.05, 0) is 44.5 Å². The van der Waals surface area contributed by atoms with Gasteiger partial charge in [0.25, 0.3) is 0 Å². The molecule has 0 N–H and O–H groups in total. The Morgan fingerprint density at radius 1 is 1.26 bits per heavy atom. The molecule has 2 unspecified atom stereocenters. The van der Waals surface area contributed by atoms with E-state index in [1.165, 1.54) is 5.56 Å². The summed E-state index contributed by atoms with van der Waals surface area (Å²) in [5.74, 6) is 0. The Morgan fingerprint density at radius 2 is 1.84 bits per heavy atom. The number of hydrogen-bond acceptors (Lipinski definition) is 2. The molecule has 0 saturated heterocycles. The Bertz CT molecular complexity index is 442. The molecule has 106 valence electrons. The second-order valence-corrected chi connectivity index (χ2v) is 7.18. The molecule has 1 aliphatic rings. The minimum absolute atomic E-state index is 0.0676. The highest BCUT2D eigenvalue weighted by atomic mass is 35.5. The average molecular weight is 282 g/mol. The van der Waals surface area contributed by atoms with Gasteiger partial charge in [0.05, 0.1) is 0 Å². The molecule has 0 amide bonds. The monoisotopic (exact) mass is 281 g/mol. The molecule has 0 spiro atoms. The van der Waals surface area contributed by atoms with Crippen molar-refractivity contribution >= 4 is 11.8 Å². The largest absolute Gasteiger partial charge is 0.362 e. The van der Waals surface area contributed by atoms with Crippen LogP contribution in [-0.4, -0.2) is 22.8 Å². The lowest BCUT2D eigenvalue weighted by atomic mass is 9.96. The third-order valence-corrected chi connectivity index (χ3v) is 4.91. The van der Waals surface area contributed by atoms with Crippen LogP contribution in [0.1, 0.15) is 39.7 Å². The number of methoxy groups -OCH3 is 1. The van der Waals surface area contributed by atoms with E-state index in [2.05, 4.69) is 52.0 Å². The Hall–Kier alpha value is -0.570. The van der Waals surface area contributed by atoms with Crippen LogP contribution in [0.5, 0.6) is 0 Å². The number of ether oxygens (including phenoxy) is 1. The molecule has 1 fully saturated rings. The first-order valence-electron chi connectivity index (χ1n) is 6.80. The predicted molar refractivity (Wildman–Crippen MR) is 80.1 cm³/mol. The van der Waals surface area contributed by atoms with Crippen molar-refractivity contribution in [3.8, 4) is 0 Å². The Balaban J connectivity index is 2.19. The van der Waals surface area contributed by atoms with E-state index < -0.39 is 0 Å². The number of nitrogens with zero attached hydrogens (tertiary/aromatic N) is 1. The van der Waals surface area contributed by atoms with Crippen molar-refractivity contribution in [3.63, 3.8) is 0 Å². The van der Waals surface area contributed by atoms with Gasteiger partial charge >= 0.3 is 0 Å². The summed E-state index contributed by atoms with van der Waals surface area (Å²) in [6.45, 7) is 8.59. The van der Waals surface area contributed by atoms with Gasteiger partial charge in [0.15, 0.2) is 0 Å². The van der Waals surface area contributed by atoms with Crippen molar-refractivity contribution < 1.29 is 4.74 Å². The molecule has 2 rings (SSSR count). The van der Waals surface area contributed by atoms with E-state index in [9.17, 15) is 0 Å². The van der Waals surface area contributed by atoms with E-state index in [1.807, 2.05) is 10.5 Å². The first kappa shape index (κ1) is 14.8. The predicted octanol–water partition coefficient (Wildman–Crippen LogP) is 4.24. The van der Waals surface area contributed by atoms with Crippen LogP contribution in [0.4, 0.5) is 0 Å². The summed E-state index contributed by atoms with van der Waals surface area (Å²) in [4.78, 5) is 0. The average Bonchev–Trinajstić information content (AvgIpc) is 2.94. The zero-order valence-electron chi connectivity index (χ0n) is 12.5. The van der Waals surface area contributed by atoms with Crippen molar-refractivity contribution in [1.29, 1.82) is 0 Å². The van der Waals surface area contributed by atoms with Crippen LogP contribution < -0.4 is 0 Å². The van der Waals surface area contributed by atoms with E-state index in [0.29, 0.717) is 0 Å². The molecule has 0 heterocycles. The highest BCUT2D eigenvalue weighted by Gasteiger charge is 2.70. The van der Waals surface area contributed by atoms with Crippen molar-refractivity contribution in [2.24, 2.45) is 5.41 Å². The number of benzene rings is 1. The Morgan fingerprint density at radius 3 is 2.32 bits per heavy atom. The van der Waals surface area contributed by atoms with E-state index in [0.717, 1.165) is 12.8 Å². The van der Waals surface area contributed by atoms with E-state index in [1.54, 1.807) is 7.11 Å². The third-order valence-electron chi connectivity index (χ3n) is 4.13. The highest BCUT2D eigenvalue weighted by Crippen LogP contribution is 2.63. The smallest absolute Gasteiger partial charge is 0.141 e. The van der Waals surface area contributed by atoms with Crippen molar-refractivity contribution in [3.05, 3.63) is 35.9 Å². The maximum Gasteiger partial charge on any atom is 0.141 e. The summed E-state index contributed by atoms with van der Waals surface area (Å²) < 4.78 is 7.68. The summed E-state index contributed by atoms with van der Waals surface area (Å²) in [7, 11) is 1.76. The fourth-order valence-corrected chi connectivity index (χ4v) is 3.31. The van der Waals surface area contributed by atoms with Gasteiger partial charge in [0, 0.05) is 24.5 Å². The number of rotatable bonds is 4. The lowest BCUT2D eigenvalue weighted by molar-refractivity contribution is -0.0721. The topological polar surface area (TPSA) is 12.5 Å². The summed E-state index contributed by atoms with van der Waals surface area (Å²) in [6.07, 6.45) is 1.95. The second kappa shape index (κ2) is 4.76. The molecule has 1 aromatic carbocycles. The molecule has 0 bridgehead atoms. The molecule has 1 aliphatic carbocycles. The normalized spacial score (nSPS) is 30.7. The summed E-state index contributed by atoms with van der Waals surface area (Å²) in [5.41, 5.74) is 0.926. The molecular weight excluding hydrogens is 258 g/mol. The Labute approximate surface area is 121 Å². The first-order chi connectivity index (χ1) is 8.75. The molecule has 0 radical (unpaired) electrons. The maximum absolute atomic E-state index is 6.57. The van der Waals surface area contributed by atoms with Crippen LogP contribution in [0.15, 0.2) is 30.3 Å². The van der Waals surface area contributed by atoms with Gasteiger partial charge in [-0.1, -0.05) is 37.3 Å². The molecule has 19 heavy (non-hydrogen) atoms. The lowest BCUT2D eigenvalue weighted by Gasteiger charge is -2.38. The van der Waals surface area contributed by atoms with Gasteiger partial charge < -0.3 is 4.74 Å². The van der Waals surface area contributed by atoms with Gasteiger partial charge in [0.2, 0.25) is 0 Å². The van der Waals surface area contributed by atoms with Gasteiger partial charge in [-0.3, -0.25) is 0 Å². The molecule has 1 saturated carbocycles.